The molecule has 0 unspecified atom stereocenters. The van der Waals surface area contributed by atoms with Crippen molar-refractivity contribution >= 4 is 11.6 Å². The van der Waals surface area contributed by atoms with Crippen LogP contribution in [-0.4, -0.2) is 35.3 Å². The van der Waals surface area contributed by atoms with E-state index in [1.165, 1.54) is 0 Å². The molecule has 4 N–H and O–H groups in total. The zero-order chi connectivity index (χ0) is 13.0. The Balaban J connectivity index is 1.96. The van der Waals surface area contributed by atoms with Crippen LogP contribution in [0.1, 0.15) is 25.1 Å². The monoisotopic (exact) mass is 252 g/mol. The van der Waals surface area contributed by atoms with Gasteiger partial charge in [-0.05, 0) is 24.7 Å². The minimum Gasteiger partial charge on any atom is -0.396 e. The van der Waals surface area contributed by atoms with Gasteiger partial charge in [0.2, 0.25) is 0 Å². The second kappa shape index (κ2) is 5.49. The van der Waals surface area contributed by atoms with E-state index in [1.54, 1.807) is 13.2 Å². The molecule has 0 amide bonds. The van der Waals surface area contributed by atoms with Gasteiger partial charge in [0.1, 0.15) is 18.2 Å². The van der Waals surface area contributed by atoms with Crippen LogP contribution in [0.25, 0.3) is 0 Å². The molecule has 1 saturated carbocycles. The van der Waals surface area contributed by atoms with Crippen LogP contribution in [0.2, 0.25) is 0 Å². The number of nitrogens with one attached hydrogen (secondary N) is 1. The highest BCUT2D eigenvalue weighted by molar-refractivity contribution is 5.44. The average molecular weight is 252 g/mol. The lowest BCUT2D eigenvalue weighted by Gasteiger charge is -2.15. The number of ether oxygens (including phenoxy) is 1. The van der Waals surface area contributed by atoms with Crippen molar-refractivity contribution < 1.29 is 9.84 Å². The molecule has 0 spiro atoms. The third kappa shape index (κ3) is 3.30. The van der Waals surface area contributed by atoms with Gasteiger partial charge in [0.05, 0.1) is 0 Å². The van der Waals surface area contributed by atoms with Crippen LogP contribution in [0.3, 0.4) is 0 Å². The van der Waals surface area contributed by atoms with Gasteiger partial charge in [0.15, 0.2) is 5.82 Å². The molecule has 100 valence electrons. The Morgan fingerprint density at radius 1 is 1.50 bits per heavy atom. The van der Waals surface area contributed by atoms with Gasteiger partial charge in [-0.25, -0.2) is 9.97 Å². The van der Waals surface area contributed by atoms with Gasteiger partial charge < -0.3 is 20.9 Å². The minimum atomic E-state index is 0.239. The highest BCUT2D eigenvalue weighted by Gasteiger charge is 2.41. The minimum absolute atomic E-state index is 0.239. The zero-order valence-electron chi connectivity index (χ0n) is 10.6. The summed E-state index contributed by atoms with van der Waals surface area (Å²) in [4.78, 5) is 8.41. The summed E-state index contributed by atoms with van der Waals surface area (Å²) >= 11 is 0. The molecule has 1 aromatic rings. The SMILES string of the molecule is COCc1nc(N)cc(NCC2(CCO)CC2)n1. The smallest absolute Gasteiger partial charge is 0.158 e. The summed E-state index contributed by atoms with van der Waals surface area (Å²) in [6.07, 6.45) is 3.16. The van der Waals surface area contributed by atoms with Crippen molar-refractivity contribution in [1.82, 2.24) is 9.97 Å². The van der Waals surface area contributed by atoms with Crippen LogP contribution in [0.15, 0.2) is 6.07 Å². The lowest BCUT2D eigenvalue weighted by Crippen LogP contribution is -2.18. The topological polar surface area (TPSA) is 93.3 Å². The Labute approximate surface area is 107 Å². The molecule has 0 saturated heterocycles. The number of nitrogen functional groups attached to an aromatic ring is 1. The normalized spacial score (nSPS) is 16.6. The molecule has 0 radical (unpaired) electrons. The number of nitrogens with zero attached hydrogens (tertiary/aromatic N) is 2. The van der Waals surface area contributed by atoms with E-state index in [1.807, 2.05) is 0 Å². The molecule has 1 aliphatic carbocycles. The number of hydrogen-bond donors (Lipinski definition) is 3. The molecule has 1 aliphatic rings. The molecule has 6 nitrogen and oxygen atoms in total. The molecular formula is C12H20N4O2. The van der Waals surface area contributed by atoms with Crippen molar-refractivity contribution in [2.45, 2.75) is 25.9 Å². The molecule has 0 aromatic carbocycles. The van der Waals surface area contributed by atoms with E-state index in [2.05, 4.69) is 15.3 Å². The third-order valence-electron chi connectivity index (χ3n) is 3.31. The van der Waals surface area contributed by atoms with Crippen molar-refractivity contribution in [3.63, 3.8) is 0 Å². The molecular weight excluding hydrogens is 232 g/mol. The standard InChI is InChI=1S/C12H20N4O2/c1-18-7-11-15-9(13)6-10(16-11)14-8-12(2-3-12)4-5-17/h6,17H,2-5,7-8H2,1H3,(H3,13,14,15,16). The molecule has 18 heavy (non-hydrogen) atoms. The highest BCUT2D eigenvalue weighted by atomic mass is 16.5. The molecule has 0 bridgehead atoms. The maximum Gasteiger partial charge on any atom is 0.158 e. The van der Waals surface area contributed by atoms with Gasteiger partial charge in [-0.15, -0.1) is 0 Å². The fourth-order valence-electron chi connectivity index (χ4n) is 2.01. The van der Waals surface area contributed by atoms with Gasteiger partial charge in [0.25, 0.3) is 0 Å². The van der Waals surface area contributed by atoms with E-state index in [0.717, 1.165) is 31.6 Å². The number of rotatable bonds is 7. The summed E-state index contributed by atoms with van der Waals surface area (Å²) in [5, 5.41) is 12.3. The molecule has 1 aromatic heterocycles. The van der Waals surface area contributed by atoms with Gasteiger partial charge in [0, 0.05) is 26.3 Å². The van der Waals surface area contributed by atoms with E-state index >= 15 is 0 Å². The Bertz CT molecular complexity index is 407. The highest BCUT2D eigenvalue weighted by Crippen LogP contribution is 2.48. The fraction of sp³-hybridized carbons (Fsp3) is 0.667. The Morgan fingerprint density at radius 3 is 2.89 bits per heavy atom. The molecule has 0 aliphatic heterocycles. The van der Waals surface area contributed by atoms with Crippen molar-refractivity contribution in [3.8, 4) is 0 Å². The Hall–Kier alpha value is -1.40. The largest absolute Gasteiger partial charge is 0.396 e. The van der Waals surface area contributed by atoms with Gasteiger partial charge in [-0.1, -0.05) is 0 Å². The van der Waals surface area contributed by atoms with Crippen LogP contribution in [-0.2, 0) is 11.3 Å². The van der Waals surface area contributed by atoms with E-state index in [-0.39, 0.29) is 12.0 Å². The number of anilines is 2. The first-order valence-corrected chi connectivity index (χ1v) is 6.14. The molecule has 1 heterocycles. The second-order valence-electron chi connectivity index (χ2n) is 4.85. The van der Waals surface area contributed by atoms with E-state index in [9.17, 15) is 0 Å². The second-order valence-corrected chi connectivity index (χ2v) is 4.85. The van der Waals surface area contributed by atoms with E-state index in [0.29, 0.717) is 18.2 Å². The number of aliphatic hydroxyl groups excluding tert-OH is 1. The van der Waals surface area contributed by atoms with Crippen molar-refractivity contribution in [3.05, 3.63) is 11.9 Å². The molecule has 0 atom stereocenters. The summed E-state index contributed by atoms with van der Waals surface area (Å²) in [6.45, 7) is 1.40. The lowest BCUT2D eigenvalue weighted by atomic mass is 10.0. The average Bonchev–Trinajstić information content (AvgIpc) is 3.07. The first-order valence-electron chi connectivity index (χ1n) is 6.14. The third-order valence-corrected chi connectivity index (χ3v) is 3.31. The Morgan fingerprint density at radius 2 is 2.28 bits per heavy atom. The number of hydrogen-bond acceptors (Lipinski definition) is 6. The van der Waals surface area contributed by atoms with Crippen molar-refractivity contribution in [1.29, 1.82) is 0 Å². The van der Waals surface area contributed by atoms with Crippen LogP contribution in [0.5, 0.6) is 0 Å². The van der Waals surface area contributed by atoms with Gasteiger partial charge >= 0.3 is 0 Å². The lowest BCUT2D eigenvalue weighted by molar-refractivity contribution is 0.178. The number of methoxy groups -OCH3 is 1. The summed E-state index contributed by atoms with van der Waals surface area (Å²) in [6, 6.07) is 1.72. The van der Waals surface area contributed by atoms with Gasteiger partial charge in [-0.3, -0.25) is 0 Å². The molecule has 1 fully saturated rings. The first-order chi connectivity index (χ1) is 8.67. The van der Waals surface area contributed by atoms with Crippen LogP contribution in [0, 0.1) is 5.41 Å². The summed E-state index contributed by atoms with van der Waals surface area (Å²) in [5.74, 6) is 1.73. The van der Waals surface area contributed by atoms with Crippen molar-refractivity contribution in [2.75, 3.05) is 31.3 Å². The quantitative estimate of drug-likeness (QED) is 0.664. The number of aliphatic hydroxyl groups is 1. The summed E-state index contributed by atoms with van der Waals surface area (Å²) < 4.78 is 4.99. The zero-order valence-corrected chi connectivity index (χ0v) is 10.6. The predicted octanol–water partition coefficient (Wildman–Crippen LogP) is 0.780. The van der Waals surface area contributed by atoms with Crippen LogP contribution < -0.4 is 11.1 Å². The fourth-order valence-corrected chi connectivity index (χ4v) is 2.01. The van der Waals surface area contributed by atoms with Gasteiger partial charge in [-0.2, -0.15) is 0 Å². The predicted molar refractivity (Wildman–Crippen MR) is 69.0 cm³/mol. The number of aromatic nitrogens is 2. The summed E-state index contributed by atoms with van der Waals surface area (Å²) in [7, 11) is 1.60. The van der Waals surface area contributed by atoms with Crippen molar-refractivity contribution in [2.24, 2.45) is 5.41 Å². The maximum atomic E-state index is 9.01. The van der Waals surface area contributed by atoms with E-state index < -0.39 is 0 Å². The van der Waals surface area contributed by atoms with E-state index in [4.69, 9.17) is 15.6 Å². The summed E-state index contributed by atoms with van der Waals surface area (Å²) in [5.41, 5.74) is 5.96. The maximum absolute atomic E-state index is 9.01. The van der Waals surface area contributed by atoms with Crippen LogP contribution in [0.4, 0.5) is 11.6 Å². The number of nitrogens with two attached hydrogens (primary N) is 1. The first kappa shape index (κ1) is 13.0. The molecule has 2 rings (SSSR count). The van der Waals surface area contributed by atoms with Crippen LogP contribution >= 0.6 is 0 Å². The Kier molecular flexibility index (Phi) is 3.98. The molecule has 6 heteroatoms.